The number of hydrogen-bond acceptors (Lipinski definition) is 3. The molecule has 1 aliphatic rings. The van der Waals surface area contributed by atoms with Crippen molar-refractivity contribution in [1.82, 2.24) is 10.6 Å². The summed E-state index contributed by atoms with van der Waals surface area (Å²) in [6, 6.07) is 10.7. The second-order valence-electron chi connectivity index (χ2n) is 7.66. The number of benzene rings is 2. The van der Waals surface area contributed by atoms with Crippen molar-refractivity contribution in [1.29, 1.82) is 0 Å². The molecule has 0 aromatic heterocycles. The van der Waals surface area contributed by atoms with E-state index < -0.39 is 23.3 Å². The average Bonchev–Trinajstić information content (AvgIpc) is 2.77. The molecule has 3 rings (SSSR count). The summed E-state index contributed by atoms with van der Waals surface area (Å²) in [7, 11) is 0. The summed E-state index contributed by atoms with van der Waals surface area (Å²) in [5.74, 6) is -1.71. The van der Waals surface area contributed by atoms with Gasteiger partial charge in [-0.1, -0.05) is 12.1 Å². The zero-order valence-electron chi connectivity index (χ0n) is 16.0. The van der Waals surface area contributed by atoms with E-state index in [0.717, 1.165) is 0 Å². The maximum Gasteiger partial charge on any atom is 0.259 e. The fourth-order valence-corrected chi connectivity index (χ4v) is 3.06. The monoisotopic (exact) mass is 383 g/mol. The molecule has 0 bridgehead atoms. The highest BCUT2D eigenvalue weighted by atomic mass is 19.1. The fraction of sp³-hybridized carbons (Fsp3) is 0.286. The van der Waals surface area contributed by atoms with Crippen molar-refractivity contribution in [3.05, 3.63) is 65.5 Å². The molecule has 2 aromatic carbocycles. The van der Waals surface area contributed by atoms with Crippen molar-refractivity contribution in [2.24, 2.45) is 0 Å². The van der Waals surface area contributed by atoms with E-state index in [9.17, 15) is 18.8 Å². The Morgan fingerprint density at radius 3 is 2.39 bits per heavy atom. The van der Waals surface area contributed by atoms with Crippen LogP contribution in [0.5, 0.6) is 0 Å². The van der Waals surface area contributed by atoms with Crippen molar-refractivity contribution in [2.75, 3.05) is 11.4 Å². The lowest BCUT2D eigenvalue weighted by Gasteiger charge is -2.32. The van der Waals surface area contributed by atoms with Gasteiger partial charge in [0, 0.05) is 17.6 Å². The molecule has 6 nitrogen and oxygen atoms in total. The van der Waals surface area contributed by atoms with Crippen molar-refractivity contribution in [3.63, 3.8) is 0 Å². The van der Waals surface area contributed by atoms with Crippen molar-refractivity contribution in [2.45, 2.75) is 32.4 Å². The van der Waals surface area contributed by atoms with Crippen LogP contribution >= 0.6 is 0 Å². The maximum atomic E-state index is 13.3. The van der Waals surface area contributed by atoms with Crippen LogP contribution in [-0.4, -0.2) is 35.8 Å². The second kappa shape index (κ2) is 7.42. The Bertz CT molecular complexity index is 919. The number of amides is 3. The van der Waals surface area contributed by atoms with Crippen LogP contribution in [-0.2, 0) is 4.79 Å². The Balaban J connectivity index is 2.10. The van der Waals surface area contributed by atoms with Crippen LogP contribution in [0.15, 0.2) is 48.5 Å². The number of para-hydroxylation sites is 1. The number of rotatable bonds is 2. The molecule has 0 spiro atoms. The van der Waals surface area contributed by atoms with Crippen LogP contribution in [0, 0.1) is 5.82 Å². The minimum absolute atomic E-state index is 0.0393. The molecule has 0 fully saturated rings. The summed E-state index contributed by atoms with van der Waals surface area (Å²) < 4.78 is 13.3. The normalized spacial score (nSPS) is 16.6. The Hall–Kier alpha value is -3.22. The Kier molecular flexibility index (Phi) is 5.18. The van der Waals surface area contributed by atoms with Gasteiger partial charge in [-0.15, -0.1) is 0 Å². The smallest absolute Gasteiger partial charge is 0.259 e. The van der Waals surface area contributed by atoms with Crippen molar-refractivity contribution < 1.29 is 18.8 Å². The number of fused-ring (bicyclic) bond motifs is 1. The van der Waals surface area contributed by atoms with Gasteiger partial charge in [0.1, 0.15) is 11.9 Å². The van der Waals surface area contributed by atoms with Crippen LogP contribution in [0.1, 0.15) is 41.5 Å². The van der Waals surface area contributed by atoms with E-state index in [1.165, 1.54) is 29.2 Å². The number of nitrogens with zero attached hydrogens (tertiary/aromatic N) is 1. The highest BCUT2D eigenvalue weighted by Gasteiger charge is 2.37. The molecule has 146 valence electrons. The number of hydrogen-bond donors (Lipinski definition) is 2. The first-order chi connectivity index (χ1) is 13.2. The van der Waals surface area contributed by atoms with Crippen LogP contribution < -0.4 is 15.5 Å². The Morgan fingerprint density at radius 1 is 1.11 bits per heavy atom. The number of halogens is 1. The van der Waals surface area contributed by atoms with Gasteiger partial charge in [0.2, 0.25) is 5.91 Å². The quantitative estimate of drug-likeness (QED) is 0.836. The third-order valence-corrected chi connectivity index (χ3v) is 4.29. The summed E-state index contributed by atoms with van der Waals surface area (Å²) in [4.78, 5) is 40.0. The zero-order valence-corrected chi connectivity index (χ0v) is 16.0. The SMILES string of the molecule is CC(C)(C)NC(=O)C1CNC(=O)c2ccccc2N1C(=O)c1ccc(F)cc1. The van der Waals surface area contributed by atoms with Gasteiger partial charge in [0.05, 0.1) is 11.3 Å². The van der Waals surface area contributed by atoms with Crippen LogP contribution in [0.2, 0.25) is 0 Å². The second-order valence-corrected chi connectivity index (χ2v) is 7.66. The van der Waals surface area contributed by atoms with Crippen molar-refractivity contribution in [3.8, 4) is 0 Å². The minimum Gasteiger partial charge on any atom is -0.350 e. The molecule has 0 saturated heterocycles. The molecule has 0 aliphatic carbocycles. The highest BCUT2D eigenvalue weighted by Crippen LogP contribution is 2.27. The number of anilines is 1. The minimum atomic E-state index is -0.954. The van der Waals surface area contributed by atoms with Gasteiger partial charge < -0.3 is 10.6 Å². The number of carbonyl (C=O) groups is 3. The van der Waals surface area contributed by atoms with E-state index >= 15 is 0 Å². The van der Waals surface area contributed by atoms with Gasteiger partial charge in [-0.2, -0.15) is 0 Å². The number of carbonyl (C=O) groups excluding carboxylic acids is 3. The van der Waals surface area contributed by atoms with Gasteiger partial charge in [-0.3, -0.25) is 19.3 Å². The molecule has 1 heterocycles. The molecule has 0 saturated carbocycles. The van der Waals surface area contributed by atoms with Gasteiger partial charge in [-0.25, -0.2) is 4.39 Å². The molecule has 28 heavy (non-hydrogen) atoms. The molecule has 1 unspecified atom stereocenters. The Labute approximate surface area is 162 Å². The lowest BCUT2D eigenvalue weighted by atomic mass is 10.1. The summed E-state index contributed by atoms with van der Waals surface area (Å²) >= 11 is 0. The lowest BCUT2D eigenvalue weighted by Crippen LogP contribution is -2.57. The molecule has 2 N–H and O–H groups in total. The van der Waals surface area contributed by atoms with Crippen molar-refractivity contribution >= 4 is 23.4 Å². The van der Waals surface area contributed by atoms with Gasteiger partial charge in [0.15, 0.2) is 0 Å². The molecule has 7 heteroatoms. The third-order valence-electron chi connectivity index (χ3n) is 4.29. The summed E-state index contributed by atoms with van der Waals surface area (Å²) in [6.07, 6.45) is 0. The van der Waals surface area contributed by atoms with E-state index in [0.29, 0.717) is 11.3 Å². The van der Waals surface area contributed by atoms with E-state index in [4.69, 9.17) is 0 Å². The summed E-state index contributed by atoms with van der Waals surface area (Å²) in [5.41, 5.74) is 0.335. The van der Waals surface area contributed by atoms with Gasteiger partial charge >= 0.3 is 0 Å². The predicted octanol–water partition coefficient (Wildman–Crippen LogP) is 2.50. The topological polar surface area (TPSA) is 78.5 Å². The summed E-state index contributed by atoms with van der Waals surface area (Å²) in [6.45, 7) is 5.46. The summed E-state index contributed by atoms with van der Waals surface area (Å²) in [5, 5.41) is 5.57. The highest BCUT2D eigenvalue weighted by molar-refractivity contribution is 6.14. The largest absolute Gasteiger partial charge is 0.350 e. The third kappa shape index (κ3) is 4.03. The van der Waals surface area contributed by atoms with E-state index in [1.807, 2.05) is 20.8 Å². The van der Waals surface area contributed by atoms with E-state index in [-0.39, 0.29) is 23.9 Å². The fourth-order valence-electron chi connectivity index (χ4n) is 3.06. The first-order valence-electron chi connectivity index (χ1n) is 8.96. The number of nitrogens with one attached hydrogen (secondary N) is 2. The molecule has 1 aliphatic heterocycles. The van der Waals surface area contributed by atoms with Crippen LogP contribution in [0.25, 0.3) is 0 Å². The van der Waals surface area contributed by atoms with E-state index in [2.05, 4.69) is 10.6 Å². The molecule has 2 aromatic rings. The maximum absolute atomic E-state index is 13.3. The Morgan fingerprint density at radius 2 is 1.75 bits per heavy atom. The molecule has 3 amide bonds. The van der Waals surface area contributed by atoms with Gasteiger partial charge in [0.25, 0.3) is 11.8 Å². The van der Waals surface area contributed by atoms with Gasteiger partial charge in [-0.05, 0) is 57.2 Å². The zero-order chi connectivity index (χ0) is 20.5. The van der Waals surface area contributed by atoms with E-state index in [1.54, 1.807) is 24.3 Å². The molecule has 0 radical (unpaired) electrons. The molecular weight excluding hydrogens is 361 g/mol. The first-order valence-corrected chi connectivity index (χ1v) is 8.96. The standard InChI is InChI=1S/C21H22FN3O3/c1-21(2,3)24-19(27)17-12-23-18(26)15-6-4-5-7-16(15)25(17)20(28)13-8-10-14(22)11-9-13/h4-11,17H,12H2,1-3H3,(H,23,26)(H,24,27). The predicted molar refractivity (Wildman–Crippen MR) is 104 cm³/mol. The molecule has 1 atom stereocenters. The van der Waals surface area contributed by atoms with Crippen LogP contribution in [0.4, 0.5) is 10.1 Å². The first kappa shape index (κ1) is 19.5. The van der Waals surface area contributed by atoms with Crippen LogP contribution in [0.3, 0.4) is 0 Å². The molecular formula is C21H22FN3O3. The average molecular weight is 383 g/mol. The lowest BCUT2D eigenvalue weighted by molar-refractivity contribution is -0.123.